The number of nitrogens with one attached hydrogen (secondary N) is 4. The number of aryl methyl sites for hydroxylation is 2. The Balaban J connectivity index is 1.85. The molecule has 6 rings (SSSR count). The van der Waals surface area contributed by atoms with E-state index in [0.717, 1.165) is 17.2 Å². The fourth-order valence-corrected chi connectivity index (χ4v) is 4.60. The van der Waals surface area contributed by atoms with Gasteiger partial charge in [0.25, 0.3) is 17.0 Å². The van der Waals surface area contributed by atoms with Gasteiger partial charge in [-0.2, -0.15) is 0 Å². The van der Waals surface area contributed by atoms with Crippen LogP contribution in [0.5, 0.6) is 0 Å². The molecule has 0 saturated heterocycles. The molecule has 0 saturated carbocycles. The summed E-state index contributed by atoms with van der Waals surface area (Å²) in [5, 5.41) is 24.9. The number of benzene rings is 4. The third-order valence-corrected chi connectivity index (χ3v) is 6.52. The van der Waals surface area contributed by atoms with E-state index in [1.165, 1.54) is 12.1 Å². The lowest BCUT2D eigenvalue weighted by Crippen LogP contribution is -2.21. The van der Waals surface area contributed by atoms with Crippen molar-refractivity contribution in [1.82, 2.24) is 4.98 Å². The van der Waals surface area contributed by atoms with Gasteiger partial charge in [-0.25, -0.2) is 4.79 Å². The molecule has 2 aromatic heterocycles. The van der Waals surface area contributed by atoms with E-state index in [9.17, 15) is 24.3 Å². The first-order valence-corrected chi connectivity index (χ1v) is 11.7. The summed E-state index contributed by atoms with van der Waals surface area (Å²) in [6, 6.07) is 18.2. The highest BCUT2D eigenvalue weighted by Gasteiger charge is 2.27. The Kier molecular flexibility index (Phi) is 5.96. The number of anilines is 2. The minimum absolute atomic E-state index is 0.0195. The molecule has 2 heterocycles. The molecule has 0 aliphatic heterocycles. The molecule has 0 fully saturated rings. The lowest BCUT2D eigenvalue weighted by Gasteiger charge is -2.18. The quantitative estimate of drug-likeness (QED) is 0.175. The molecule has 1 amide bonds. The summed E-state index contributed by atoms with van der Waals surface area (Å²) >= 11 is 0. The maximum atomic E-state index is 13.6. The van der Waals surface area contributed by atoms with Gasteiger partial charge in [0.1, 0.15) is 5.84 Å². The van der Waals surface area contributed by atoms with Gasteiger partial charge in [0.15, 0.2) is 0 Å². The van der Waals surface area contributed by atoms with Crippen molar-refractivity contribution in [1.29, 1.82) is 5.41 Å². The zero-order chi connectivity index (χ0) is 27.1. The number of hydrogen-bond donors (Lipinski definition) is 5. The average molecular weight is 507 g/mol. The Morgan fingerprint density at radius 2 is 1.29 bits per heavy atom. The molecule has 0 aliphatic rings. The van der Waals surface area contributed by atoms with Gasteiger partial charge in [-0.15, -0.1) is 0 Å². The van der Waals surface area contributed by atoms with Gasteiger partial charge in [0.2, 0.25) is 0 Å². The predicted octanol–water partition coefficient (Wildman–Crippen LogP) is 4.48. The number of aromatic nitrogens is 1. The molecular weight excluding hydrogens is 484 g/mol. The highest BCUT2D eigenvalue weighted by molar-refractivity contribution is 6.30. The largest absolute Gasteiger partial charge is 0.478 e. The molecule has 38 heavy (non-hydrogen) atoms. The van der Waals surface area contributed by atoms with E-state index in [-0.39, 0.29) is 44.1 Å². The number of aromatic amines is 1. The number of fused-ring (bicyclic) bond motifs is 3. The number of para-hydroxylation sites is 2. The molecule has 9 heteroatoms. The van der Waals surface area contributed by atoms with Crippen LogP contribution in [0.15, 0.2) is 76.3 Å². The third-order valence-electron chi connectivity index (χ3n) is 6.52. The van der Waals surface area contributed by atoms with Crippen LogP contribution in [0.25, 0.3) is 21.5 Å². The van der Waals surface area contributed by atoms with Gasteiger partial charge in [0.05, 0.1) is 5.56 Å². The number of aromatic carboxylic acids is 1. The van der Waals surface area contributed by atoms with Crippen molar-refractivity contribution in [2.75, 3.05) is 10.6 Å². The minimum atomic E-state index is -1.40. The number of carbonyl (C=O) groups excluding carboxylic acids is 1. The van der Waals surface area contributed by atoms with Gasteiger partial charge in [0, 0.05) is 44.0 Å². The van der Waals surface area contributed by atoms with Crippen molar-refractivity contribution < 1.29 is 14.7 Å². The molecule has 0 aliphatic carbocycles. The highest BCUT2D eigenvalue weighted by atomic mass is 16.4. The maximum Gasteiger partial charge on any atom is 0.336 e. The third kappa shape index (κ3) is 4.05. The SMILES string of the molecule is Cc1ccccc1NC(=N)c1c(C(=O)O)cc(C(=O)Nc2ccccc2C)c2c3ccc(c(=O)[nH]c3=O)c12. The van der Waals surface area contributed by atoms with Crippen molar-refractivity contribution in [2.45, 2.75) is 13.8 Å². The fraction of sp³-hybridized carbons (Fsp3) is 0.0690. The number of carboxylic acid groups (broad SMARTS) is 1. The Morgan fingerprint density at radius 3 is 1.84 bits per heavy atom. The lowest BCUT2D eigenvalue weighted by molar-refractivity contribution is 0.0697. The first kappa shape index (κ1) is 24.4. The number of rotatable bonds is 5. The second-order valence-corrected chi connectivity index (χ2v) is 8.93. The topological polar surface area (TPSA) is 152 Å². The van der Waals surface area contributed by atoms with Gasteiger partial charge in [-0.3, -0.25) is 24.8 Å². The number of H-pyrrole nitrogens is 1. The zero-order valence-electron chi connectivity index (χ0n) is 20.4. The first-order valence-electron chi connectivity index (χ1n) is 11.7. The molecule has 2 bridgehead atoms. The highest BCUT2D eigenvalue weighted by Crippen LogP contribution is 2.33. The average Bonchev–Trinajstić information content (AvgIpc) is 3.09. The summed E-state index contributed by atoms with van der Waals surface area (Å²) in [6.07, 6.45) is 0. The summed E-state index contributed by atoms with van der Waals surface area (Å²) in [4.78, 5) is 54.2. The van der Waals surface area contributed by atoms with Crippen LogP contribution >= 0.6 is 0 Å². The number of amides is 1. The second kappa shape index (κ2) is 9.29. The van der Waals surface area contributed by atoms with Crippen molar-refractivity contribution in [3.05, 3.63) is 115 Å². The van der Waals surface area contributed by atoms with Crippen molar-refractivity contribution >= 4 is 50.6 Å². The van der Waals surface area contributed by atoms with Gasteiger partial charge in [-0.05, 0) is 55.3 Å². The van der Waals surface area contributed by atoms with Crippen LogP contribution in [-0.2, 0) is 0 Å². The van der Waals surface area contributed by atoms with E-state index >= 15 is 0 Å². The predicted molar refractivity (Wildman–Crippen MR) is 147 cm³/mol. The van der Waals surface area contributed by atoms with Gasteiger partial charge in [-0.1, -0.05) is 36.4 Å². The summed E-state index contributed by atoms with van der Waals surface area (Å²) in [7, 11) is 0. The fourth-order valence-electron chi connectivity index (χ4n) is 4.60. The van der Waals surface area contributed by atoms with E-state index in [0.29, 0.717) is 11.4 Å². The molecule has 5 N–H and O–H groups in total. The summed E-state index contributed by atoms with van der Waals surface area (Å²) in [5.41, 5.74) is 0.618. The van der Waals surface area contributed by atoms with E-state index in [1.54, 1.807) is 24.3 Å². The van der Waals surface area contributed by atoms with Crippen molar-refractivity contribution in [2.24, 2.45) is 0 Å². The molecular formula is C29H22N4O5. The summed E-state index contributed by atoms with van der Waals surface area (Å²) in [6.45, 7) is 3.64. The van der Waals surface area contributed by atoms with Gasteiger partial charge >= 0.3 is 5.97 Å². The monoisotopic (exact) mass is 506 g/mol. The Labute approximate surface area is 215 Å². The van der Waals surface area contributed by atoms with Crippen LogP contribution < -0.4 is 21.8 Å². The minimum Gasteiger partial charge on any atom is -0.478 e. The second-order valence-electron chi connectivity index (χ2n) is 8.93. The Bertz CT molecular complexity index is 1910. The maximum absolute atomic E-state index is 13.6. The van der Waals surface area contributed by atoms with Gasteiger partial charge < -0.3 is 15.7 Å². The smallest absolute Gasteiger partial charge is 0.336 e. The molecule has 4 aromatic carbocycles. The molecule has 0 atom stereocenters. The Morgan fingerprint density at radius 1 is 0.763 bits per heavy atom. The molecule has 6 aromatic rings. The Hall–Kier alpha value is -5.31. The normalized spacial score (nSPS) is 11.0. The summed E-state index contributed by atoms with van der Waals surface area (Å²) < 4.78 is 0. The first-order chi connectivity index (χ1) is 18.2. The number of carbonyl (C=O) groups is 2. The molecule has 9 nitrogen and oxygen atoms in total. The van der Waals surface area contributed by atoms with Crippen LogP contribution in [0.2, 0.25) is 0 Å². The lowest BCUT2D eigenvalue weighted by atomic mass is 9.90. The van der Waals surface area contributed by atoms with E-state index < -0.39 is 23.0 Å². The number of carboxylic acids is 1. The van der Waals surface area contributed by atoms with Crippen molar-refractivity contribution in [3.63, 3.8) is 0 Å². The van der Waals surface area contributed by atoms with E-state index in [4.69, 9.17) is 5.41 Å². The number of amidine groups is 1. The molecule has 0 radical (unpaired) electrons. The zero-order valence-corrected chi connectivity index (χ0v) is 20.4. The summed E-state index contributed by atoms with van der Waals surface area (Å²) in [5.74, 6) is -2.35. The van der Waals surface area contributed by atoms with E-state index in [2.05, 4.69) is 15.6 Å². The van der Waals surface area contributed by atoms with Crippen LogP contribution in [0.1, 0.15) is 37.4 Å². The number of hydrogen-bond acceptors (Lipinski definition) is 5. The van der Waals surface area contributed by atoms with Crippen LogP contribution in [-0.4, -0.2) is 27.8 Å². The van der Waals surface area contributed by atoms with E-state index in [1.807, 2.05) is 38.1 Å². The van der Waals surface area contributed by atoms with Crippen LogP contribution in [0.3, 0.4) is 0 Å². The van der Waals surface area contributed by atoms with Crippen molar-refractivity contribution in [3.8, 4) is 0 Å². The molecule has 0 spiro atoms. The molecule has 0 unspecified atom stereocenters. The van der Waals surface area contributed by atoms with Crippen LogP contribution in [0, 0.1) is 19.3 Å². The molecule has 188 valence electrons. The van der Waals surface area contributed by atoms with Crippen LogP contribution in [0.4, 0.5) is 11.4 Å². The standard InChI is InChI=1S/C29H22N4O5/c1-14-7-3-5-9-20(14)31-25(30)24-19(29(37)38)13-18(28(36)32-21-10-6-4-8-15(21)2)22-16-11-12-17(23(22)24)27(35)33-26(16)34/h3-13H,1-2H3,(H2,30,31)(H,32,36)(H,37,38)(H,33,34,35).